The molecule has 0 bridgehead atoms. The van der Waals surface area contributed by atoms with Gasteiger partial charge in [0, 0.05) is 64.4 Å². The van der Waals surface area contributed by atoms with Crippen LogP contribution in [0.15, 0.2) is 12.3 Å². The Hall–Kier alpha value is -2.05. The van der Waals surface area contributed by atoms with Crippen molar-refractivity contribution >= 4 is 17.6 Å². The van der Waals surface area contributed by atoms with E-state index in [1.807, 2.05) is 24.2 Å². The van der Waals surface area contributed by atoms with Crippen molar-refractivity contribution in [3.63, 3.8) is 0 Å². The van der Waals surface area contributed by atoms with Crippen molar-refractivity contribution in [1.82, 2.24) is 20.0 Å². The Labute approximate surface area is 143 Å². The van der Waals surface area contributed by atoms with Gasteiger partial charge in [-0.3, -0.25) is 14.3 Å². The SMILES string of the molecule is CC(=O)N1CCCC[C@H]1CC(=O)N[C@H]1CCN(c2ccn(C)n2)C1. The van der Waals surface area contributed by atoms with E-state index in [1.54, 1.807) is 11.6 Å². The van der Waals surface area contributed by atoms with Gasteiger partial charge in [-0.2, -0.15) is 5.10 Å². The lowest BCUT2D eigenvalue weighted by molar-refractivity contribution is -0.134. The maximum atomic E-state index is 12.4. The highest BCUT2D eigenvalue weighted by atomic mass is 16.2. The van der Waals surface area contributed by atoms with Crippen molar-refractivity contribution in [1.29, 1.82) is 0 Å². The molecule has 1 aromatic rings. The van der Waals surface area contributed by atoms with Crippen molar-refractivity contribution < 1.29 is 9.59 Å². The molecule has 2 aliphatic heterocycles. The highest BCUT2D eigenvalue weighted by Crippen LogP contribution is 2.21. The summed E-state index contributed by atoms with van der Waals surface area (Å²) in [6.45, 7) is 4.08. The molecule has 2 atom stereocenters. The van der Waals surface area contributed by atoms with Crippen LogP contribution in [0.5, 0.6) is 0 Å². The van der Waals surface area contributed by atoms with E-state index < -0.39 is 0 Å². The number of carbonyl (C=O) groups is 2. The van der Waals surface area contributed by atoms with Crippen molar-refractivity contribution in [2.45, 2.75) is 51.1 Å². The van der Waals surface area contributed by atoms with Gasteiger partial charge in [-0.05, 0) is 25.7 Å². The van der Waals surface area contributed by atoms with Crippen LogP contribution in [0.25, 0.3) is 0 Å². The molecular weight excluding hydrogens is 306 g/mol. The first kappa shape index (κ1) is 16.8. The topological polar surface area (TPSA) is 70.5 Å². The van der Waals surface area contributed by atoms with Gasteiger partial charge in [0.2, 0.25) is 11.8 Å². The number of hydrogen-bond acceptors (Lipinski definition) is 4. The Kier molecular flexibility index (Phi) is 5.06. The standard InChI is InChI=1S/C17H27N5O2/c1-13(23)22-8-4-3-5-15(22)11-17(24)18-14-6-10-21(12-14)16-7-9-20(2)19-16/h7,9,14-15H,3-6,8,10-12H2,1-2H3,(H,18,24)/t14-,15-/m0/s1. The molecule has 2 aliphatic rings. The summed E-state index contributed by atoms with van der Waals surface area (Å²) in [5, 5.41) is 7.55. The predicted molar refractivity (Wildman–Crippen MR) is 91.6 cm³/mol. The van der Waals surface area contributed by atoms with Crippen LogP contribution in [0, 0.1) is 0 Å². The van der Waals surface area contributed by atoms with E-state index >= 15 is 0 Å². The maximum absolute atomic E-state index is 12.4. The summed E-state index contributed by atoms with van der Waals surface area (Å²) in [6.07, 6.45) is 6.35. The van der Waals surface area contributed by atoms with Crippen LogP contribution in [0.4, 0.5) is 5.82 Å². The number of piperidine rings is 1. The molecule has 3 rings (SSSR count). The molecule has 132 valence electrons. The number of nitrogens with one attached hydrogen (secondary N) is 1. The summed E-state index contributed by atoms with van der Waals surface area (Å²) in [6, 6.07) is 2.22. The van der Waals surface area contributed by atoms with Crippen molar-refractivity contribution in [2.75, 3.05) is 24.5 Å². The molecule has 1 aromatic heterocycles. The lowest BCUT2D eigenvalue weighted by Crippen LogP contribution is -2.46. The second-order valence-electron chi connectivity index (χ2n) is 6.91. The number of nitrogens with zero attached hydrogens (tertiary/aromatic N) is 4. The molecular formula is C17H27N5O2. The molecule has 1 N–H and O–H groups in total. The van der Waals surface area contributed by atoms with Crippen LogP contribution >= 0.6 is 0 Å². The maximum Gasteiger partial charge on any atom is 0.222 e. The zero-order valence-corrected chi connectivity index (χ0v) is 14.6. The number of aryl methyl sites for hydroxylation is 1. The van der Waals surface area contributed by atoms with Gasteiger partial charge >= 0.3 is 0 Å². The van der Waals surface area contributed by atoms with Crippen LogP contribution in [0.1, 0.15) is 39.0 Å². The zero-order chi connectivity index (χ0) is 17.1. The van der Waals surface area contributed by atoms with Gasteiger partial charge in [0.05, 0.1) is 0 Å². The first-order valence-corrected chi connectivity index (χ1v) is 8.84. The number of carbonyl (C=O) groups excluding carboxylic acids is 2. The highest BCUT2D eigenvalue weighted by molar-refractivity contribution is 5.79. The number of hydrogen-bond donors (Lipinski definition) is 1. The highest BCUT2D eigenvalue weighted by Gasteiger charge is 2.29. The second kappa shape index (κ2) is 7.23. The normalized spacial score (nSPS) is 24.2. The number of rotatable bonds is 4. The van der Waals surface area contributed by atoms with E-state index in [0.29, 0.717) is 6.42 Å². The lowest BCUT2D eigenvalue weighted by atomic mass is 9.99. The molecule has 0 aromatic carbocycles. The molecule has 0 saturated carbocycles. The van der Waals surface area contributed by atoms with E-state index in [0.717, 1.165) is 51.1 Å². The molecule has 7 nitrogen and oxygen atoms in total. The summed E-state index contributed by atoms with van der Waals surface area (Å²) in [5.74, 6) is 1.10. The quantitative estimate of drug-likeness (QED) is 0.889. The van der Waals surface area contributed by atoms with Crippen molar-refractivity contribution in [3.05, 3.63) is 12.3 Å². The number of likely N-dealkylation sites (tertiary alicyclic amines) is 1. The summed E-state index contributed by atoms with van der Waals surface area (Å²) in [4.78, 5) is 28.2. The van der Waals surface area contributed by atoms with Crippen molar-refractivity contribution in [2.24, 2.45) is 7.05 Å². The van der Waals surface area contributed by atoms with E-state index in [-0.39, 0.29) is 23.9 Å². The minimum atomic E-state index is 0.0565. The second-order valence-corrected chi connectivity index (χ2v) is 6.91. The third kappa shape index (κ3) is 3.88. The molecule has 0 spiro atoms. The van der Waals surface area contributed by atoms with Gasteiger partial charge in [0.15, 0.2) is 5.82 Å². The van der Waals surface area contributed by atoms with Crippen LogP contribution in [0.2, 0.25) is 0 Å². The third-order valence-corrected chi connectivity index (χ3v) is 5.03. The van der Waals surface area contributed by atoms with E-state index in [4.69, 9.17) is 0 Å². The predicted octanol–water partition coefficient (Wildman–Crippen LogP) is 0.906. The fourth-order valence-electron chi connectivity index (χ4n) is 3.79. The molecule has 3 heterocycles. The Balaban J connectivity index is 1.49. The Morgan fingerprint density at radius 1 is 1.29 bits per heavy atom. The molecule has 2 amide bonds. The molecule has 7 heteroatoms. The fraction of sp³-hybridized carbons (Fsp3) is 0.706. The van der Waals surface area contributed by atoms with Crippen LogP contribution in [-0.2, 0) is 16.6 Å². The fourth-order valence-corrected chi connectivity index (χ4v) is 3.79. The molecule has 0 radical (unpaired) electrons. The first-order chi connectivity index (χ1) is 11.5. The van der Waals surface area contributed by atoms with Gasteiger partial charge in [0.25, 0.3) is 0 Å². The summed E-state index contributed by atoms with van der Waals surface area (Å²) in [7, 11) is 1.91. The average Bonchev–Trinajstić information content (AvgIpc) is 3.16. The lowest BCUT2D eigenvalue weighted by Gasteiger charge is -2.35. The summed E-state index contributed by atoms with van der Waals surface area (Å²) >= 11 is 0. The number of aromatic nitrogens is 2. The van der Waals surface area contributed by atoms with E-state index in [1.165, 1.54) is 0 Å². The van der Waals surface area contributed by atoms with E-state index in [9.17, 15) is 9.59 Å². The monoisotopic (exact) mass is 333 g/mol. The minimum absolute atomic E-state index is 0.0565. The summed E-state index contributed by atoms with van der Waals surface area (Å²) in [5.41, 5.74) is 0. The van der Waals surface area contributed by atoms with Crippen LogP contribution in [-0.4, -0.2) is 58.2 Å². The summed E-state index contributed by atoms with van der Waals surface area (Å²) < 4.78 is 1.79. The Bertz CT molecular complexity index is 600. The van der Waals surface area contributed by atoms with E-state index in [2.05, 4.69) is 15.3 Å². The van der Waals surface area contributed by atoms with Crippen LogP contribution < -0.4 is 10.2 Å². The molecule has 24 heavy (non-hydrogen) atoms. The average molecular weight is 333 g/mol. The molecule has 2 saturated heterocycles. The van der Waals surface area contributed by atoms with Gasteiger partial charge in [-0.1, -0.05) is 0 Å². The molecule has 2 fully saturated rings. The minimum Gasteiger partial charge on any atom is -0.353 e. The van der Waals surface area contributed by atoms with Gasteiger partial charge in [-0.25, -0.2) is 0 Å². The smallest absolute Gasteiger partial charge is 0.222 e. The number of amides is 2. The zero-order valence-electron chi connectivity index (χ0n) is 14.6. The molecule has 0 unspecified atom stereocenters. The Morgan fingerprint density at radius 3 is 2.83 bits per heavy atom. The van der Waals surface area contributed by atoms with Gasteiger partial charge < -0.3 is 15.1 Å². The Morgan fingerprint density at radius 2 is 2.12 bits per heavy atom. The number of anilines is 1. The van der Waals surface area contributed by atoms with Crippen molar-refractivity contribution in [3.8, 4) is 0 Å². The first-order valence-electron chi connectivity index (χ1n) is 8.84. The van der Waals surface area contributed by atoms with Crippen LogP contribution in [0.3, 0.4) is 0 Å². The third-order valence-electron chi connectivity index (χ3n) is 5.03. The van der Waals surface area contributed by atoms with Gasteiger partial charge in [0.1, 0.15) is 0 Å². The molecule has 0 aliphatic carbocycles. The largest absolute Gasteiger partial charge is 0.353 e. The van der Waals surface area contributed by atoms with Gasteiger partial charge in [-0.15, -0.1) is 0 Å².